The van der Waals surface area contributed by atoms with E-state index in [-0.39, 0.29) is 13.1 Å². The number of carbonyl (C=O) groups is 3. The van der Waals surface area contributed by atoms with Gasteiger partial charge in [-0.05, 0) is 11.6 Å². The summed E-state index contributed by atoms with van der Waals surface area (Å²) in [5.74, 6) is -0.427. The van der Waals surface area contributed by atoms with Crippen molar-refractivity contribution in [3.63, 3.8) is 0 Å². The molecule has 0 unspecified atom stereocenters. The van der Waals surface area contributed by atoms with E-state index < -0.39 is 17.2 Å². The van der Waals surface area contributed by atoms with Crippen molar-refractivity contribution in [1.29, 1.82) is 0 Å². The van der Waals surface area contributed by atoms with Crippen molar-refractivity contribution >= 4 is 28.8 Å². The molecule has 5 nitrogen and oxygen atoms in total. The van der Waals surface area contributed by atoms with Crippen LogP contribution in [-0.4, -0.2) is 35.2 Å². The number of urea groups is 1. The van der Waals surface area contributed by atoms with Gasteiger partial charge in [0.15, 0.2) is 0 Å². The summed E-state index contributed by atoms with van der Waals surface area (Å²) in [6, 6.07) is -0.566. The van der Waals surface area contributed by atoms with Crippen LogP contribution in [-0.2, 0) is 9.59 Å². The molecule has 0 aromatic rings. The number of halogens is 1. The highest BCUT2D eigenvalue weighted by Crippen LogP contribution is 1.99. The molecular weight excluding hydrogens is 172 g/mol. The maximum absolute atomic E-state index is 10.8. The number of amides is 3. The topological polar surface area (TPSA) is 66.5 Å². The smallest absolute Gasteiger partial charge is 0.325 e. The normalized spacial score (nSPS) is 17.0. The van der Waals surface area contributed by atoms with Gasteiger partial charge < -0.3 is 5.32 Å². The van der Waals surface area contributed by atoms with Gasteiger partial charge in [0.25, 0.3) is 5.91 Å². The summed E-state index contributed by atoms with van der Waals surface area (Å²) >= 11 is 4.98. The van der Waals surface area contributed by atoms with Crippen LogP contribution >= 0.6 is 11.6 Å². The van der Waals surface area contributed by atoms with Crippen LogP contribution in [0.5, 0.6) is 0 Å². The lowest BCUT2D eigenvalue weighted by Crippen LogP contribution is -2.34. The number of rotatable bonds is 2. The molecule has 0 radical (unpaired) electrons. The van der Waals surface area contributed by atoms with Crippen molar-refractivity contribution in [3.05, 3.63) is 0 Å². The fraction of sp³-hybridized carbons (Fsp3) is 0.400. The van der Waals surface area contributed by atoms with Crippen LogP contribution in [0.3, 0.4) is 0 Å². The standard InChI is InChI=1S/C5H5ClN2O3/c6-3(9)2-8-4(10)1-7-5(8)11/h1-2H2,(H,7,11). The lowest BCUT2D eigenvalue weighted by atomic mass is 10.5. The van der Waals surface area contributed by atoms with E-state index in [1.165, 1.54) is 0 Å². The Kier molecular flexibility index (Phi) is 2.09. The molecule has 1 rings (SSSR count). The molecule has 0 aliphatic carbocycles. The first-order valence-electron chi connectivity index (χ1n) is 2.88. The second-order valence-electron chi connectivity index (χ2n) is 1.99. The molecule has 1 aliphatic heterocycles. The average Bonchev–Trinajstić information content (AvgIpc) is 2.18. The third-order valence-corrected chi connectivity index (χ3v) is 1.34. The summed E-state index contributed by atoms with van der Waals surface area (Å²) in [6.45, 7) is -0.408. The zero-order valence-corrected chi connectivity index (χ0v) is 6.22. The average molecular weight is 177 g/mol. The van der Waals surface area contributed by atoms with Crippen LogP contribution < -0.4 is 5.32 Å². The number of hydrogen-bond donors (Lipinski definition) is 1. The van der Waals surface area contributed by atoms with Crippen LogP contribution in [0.15, 0.2) is 0 Å². The maximum Gasteiger partial charge on any atom is 0.325 e. The highest BCUT2D eigenvalue weighted by atomic mass is 35.5. The van der Waals surface area contributed by atoms with Crippen LogP contribution in [0.1, 0.15) is 0 Å². The number of nitrogens with one attached hydrogen (secondary N) is 1. The molecule has 1 saturated heterocycles. The SMILES string of the molecule is O=C(Cl)CN1C(=O)CNC1=O. The second kappa shape index (κ2) is 2.87. The molecule has 11 heavy (non-hydrogen) atoms. The van der Waals surface area contributed by atoms with Gasteiger partial charge >= 0.3 is 6.03 Å². The predicted molar refractivity (Wildman–Crippen MR) is 36.0 cm³/mol. The van der Waals surface area contributed by atoms with Crippen LogP contribution in [0, 0.1) is 0 Å². The first kappa shape index (κ1) is 8.00. The van der Waals surface area contributed by atoms with Gasteiger partial charge in [0.1, 0.15) is 6.54 Å². The van der Waals surface area contributed by atoms with E-state index >= 15 is 0 Å². The largest absolute Gasteiger partial charge is 0.329 e. The molecule has 6 heteroatoms. The van der Waals surface area contributed by atoms with Gasteiger partial charge in [-0.1, -0.05) is 0 Å². The van der Waals surface area contributed by atoms with Gasteiger partial charge in [-0.25, -0.2) is 4.79 Å². The van der Waals surface area contributed by atoms with Crippen molar-refractivity contribution in [2.24, 2.45) is 0 Å². The molecule has 0 spiro atoms. The van der Waals surface area contributed by atoms with E-state index in [4.69, 9.17) is 11.6 Å². The van der Waals surface area contributed by atoms with Gasteiger partial charge in [-0.2, -0.15) is 0 Å². The number of nitrogens with zero attached hydrogens (tertiary/aromatic N) is 1. The van der Waals surface area contributed by atoms with E-state index in [0.717, 1.165) is 4.90 Å². The Morgan fingerprint density at radius 1 is 1.64 bits per heavy atom. The zero-order valence-electron chi connectivity index (χ0n) is 5.46. The van der Waals surface area contributed by atoms with E-state index in [0.29, 0.717) is 0 Å². The van der Waals surface area contributed by atoms with Crippen LogP contribution in [0.2, 0.25) is 0 Å². The summed E-state index contributed by atoms with van der Waals surface area (Å²) in [5, 5.41) is 1.52. The fourth-order valence-corrected chi connectivity index (χ4v) is 0.859. The molecule has 1 aliphatic rings. The Morgan fingerprint density at radius 3 is 2.64 bits per heavy atom. The van der Waals surface area contributed by atoms with Crippen molar-refractivity contribution in [2.75, 3.05) is 13.1 Å². The highest BCUT2D eigenvalue weighted by Gasteiger charge is 2.29. The van der Waals surface area contributed by atoms with Crippen molar-refractivity contribution in [2.45, 2.75) is 0 Å². The number of carbonyl (C=O) groups excluding carboxylic acids is 3. The second-order valence-corrected chi connectivity index (χ2v) is 2.42. The third-order valence-electron chi connectivity index (χ3n) is 1.22. The third kappa shape index (κ3) is 1.68. The number of imide groups is 1. The molecule has 0 aromatic carbocycles. The van der Waals surface area contributed by atoms with Gasteiger partial charge in [0.2, 0.25) is 5.24 Å². The zero-order chi connectivity index (χ0) is 8.43. The fourth-order valence-electron chi connectivity index (χ4n) is 0.740. The van der Waals surface area contributed by atoms with E-state index in [9.17, 15) is 14.4 Å². The Morgan fingerprint density at radius 2 is 2.27 bits per heavy atom. The molecule has 1 heterocycles. The van der Waals surface area contributed by atoms with Crippen molar-refractivity contribution < 1.29 is 14.4 Å². The minimum absolute atomic E-state index is 0.0526. The molecule has 0 aromatic heterocycles. The van der Waals surface area contributed by atoms with E-state index in [2.05, 4.69) is 5.32 Å². The molecular formula is C5H5ClN2O3. The maximum atomic E-state index is 10.8. The van der Waals surface area contributed by atoms with E-state index in [1.807, 2.05) is 0 Å². The lowest BCUT2D eigenvalue weighted by molar-refractivity contribution is -0.127. The van der Waals surface area contributed by atoms with Crippen LogP contribution in [0.25, 0.3) is 0 Å². The Hall–Kier alpha value is -1.10. The summed E-state index contributed by atoms with van der Waals surface area (Å²) in [4.78, 5) is 32.5. The predicted octanol–water partition coefficient (Wildman–Crippen LogP) is -0.696. The summed E-state index contributed by atoms with van der Waals surface area (Å²) in [5.41, 5.74) is 0. The van der Waals surface area contributed by atoms with Crippen molar-refractivity contribution in [1.82, 2.24) is 10.2 Å². The molecule has 0 atom stereocenters. The monoisotopic (exact) mass is 176 g/mol. The molecule has 0 bridgehead atoms. The Labute approximate surface area is 67.3 Å². The summed E-state index contributed by atoms with van der Waals surface area (Å²) < 4.78 is 0. The Balaban J connectivity index is 2.62. The minimum Gasteiger partial charge on any atom is -0.329 e. The van der Waals surface area contributed by atoms with Gasteiger partial charge in [0, 0.05) is 0 Å². The quantitative estimate of drug-likeness (QED) is 0.447. The first-order chi connectivity index (χ1) is 5.11. The lowest BCUT2D eigenvalue weighted by Gasteiger charge is -2.07. The highest BCUT2D eigenvalue weighted by molar-refractivity contribution is 6.64. The summed E-state index contributed by atoms with van der Waals surface area (Å²) in [6.07, 6.45) is 0. The van der Waals surface area contributed by atoms with E-state index in [1.54, 1.807) is 0 Å². The summed E-state index contributed by atoms with van der Waals surface area (Å²) in [7, 11) is 0. The molecule has 1 fully saturated rings. The Bertz CT molecular complexity index is 212. The molecule has 1 N–H and O–H groups in total. The van der Waals surface area contributed by atoms with Gasteiger partial charge in [0.05, 0.1) is 6.54 Å². The number of hydrogen-bond acceptors (Lipinski definition) is 3. The molecule has 60 valence electrons. The van der Waals surface area contributed by atoms with Gasteiger partial charge in [-0.15, -0.1) is 0 Å². The van der Waals surface area contributed by atoms with Crippen molar-refractivity contribution in [3.8, 4) is 0 Å². The molecule has 0 saturated carbocycles. The van der Waals surface area contributed by atoms with Crippen LogP contribution in [0.4, 0.5) is 4.79 Å². The first-order valence-corrected chi connectivity index (χ1v) is 3.25. The van der Waals surface area contributed by atoms with Gasteiger partial charge in [-0.3, -0.25) is 14.5 Å². The minimum atomic E-state index is -0.726. The molecule has 3 amide bonds.